The molecule has 1 aromatic rings. The molecule has 8 nitrogen and oxygen atoms in total. The molecule has 1 unspecified atom stereocenters. The minimum Gasteiger partial charge on any atom is -0.481 e. The van der Waals surface area contributed by atoms with E-state index in [0.29, 0.717) is 25.4 Å². The van der Waals surface area contributed by atoms with Gasteiger partial charge in [-0.25, -0.2) is 0 Å². The van der Waals surface area contributed by atoms with Gasteiger partial charge in [0.2, 0.25) is 11.8 Å². The van der Waals surface area contributed by atoms with Crippen molar-refractivity contribution in [2.45, 2.75) is 26.7 Å². The predicted molar refractivity (Wildman–Crippen MR) is 69.1 cm³/mol. The van der Waals surface area contributed by atoms with Crippen LogP contribution in [-0.2, 0) is 9.59 Å². The summed E-state index contributed by atoms with van der Waals surface area (Å²) in [4.78, 5) is 24.9. The molecular weight excluding hydrogens is 264 g/mol. The average molecular weight is 282 g/mol. The van der Waals surface area contributed by atoms with Gasteiger partial charge in [-0.05, 0) is 26.3 Å². The van der Waals surface area contributed by atoms with E-state index in [9.17, 15) is 14.7 Å². The number of likely N-dealkylation sites (tertiary alicyclic amines) is 1. The van der Waals surface area contributed by atoms with E-state index in [1.54, 1.807) is 13.8 Å². The first kappa shape index (κ1) is 14.4. The highest BCUT2D eigenvalue weighted by atomic mass is 16.4. The summed E-state index contributed by atoms with van der Waals surface area (Å²) < 4.78 is 5.06. The average Bonchev–Trinajstić information content (AvgIpc) is 2.74. The third-order valence-corrected chi connectivity index (χ3v) is 3.43. The number of anilines is 1. The van der Waals surface area contributed by atoms with Gasteiger partial charge in [0, 0.05) is 13.5 Å². The van der Waals surface area contributed by atoms with Crippen LogP contribution in [0.3, 0.4) is 0 Å². The van der Waals surface area contributed by atoms with E-state index in [0.717, 1.165) is 6.42 Å². The van der Waals surface area contributed by atoms with Crippen molar-refractivity contribution in [1.29, 1.82) is 0 Å². The summed E-state index contributed by atoms with van der Waals surface area (Å²) >= 11 is 0. The van der Waals surface area contributed by atoms with Crippen molar-refractivity contribution >= 4 is 17.9 Å². The molecule has 2 N–H and O–H groups in total. The molecule has 0 spiro atoms. The molecule has 1 aromatic heterocycles. The quantitative estimate of drug-likeness (QED) is 0.827. The first-order valence-corrected chi connectivity index (χ1v) is 6.45. The van der Waals surface area contributed by atoms with Crippen LogP contribution < -0.4 is 5.32 Å². The largest absolute Gasteiger partial charge is 0.481 e. The lowest BCUT2D eigenvalue weighted by molar-refractivity contribution is -0.151. The molecule has 1 fully saturated rings. The standard InChI is InChI=1S/C12H18N4O4/c1-8-14-15-11(20-8)13-9(17)6-16-5-3-4-12(2,7-16)10(18)19/h3-7H2,1-2H3,(H,18,19)(H,13,15,17). The van der Waals surface area contributed by atoms with Crippen molar-refractivity contribution in [2.24, 2.45) is 5.41 Å². The number of nitrogens with one attached hydrogen (secondary N) is 1. The van der Waals surface area contributed by atoms with Gasteiger partial charge in [-0.15, -0.1) is 5.10 Å². The fraction of sp³-hybridized carbons (Fsp3) is 0.667. The van der Waals surface area contributed by atoms with Crippen LogP contribution in [0.2, 0.25) is 0 Å². The minimum atomic E-state index is -0.824. The third kappa shape index (κ3) is 3.32. The van der Waals surface area contributed by atoms with Crippen LogP contribution >= 0.6 is 0 Å². The number of aromatic nitrogens is 2. The van der Waals surface area contributed by atoms with Crippen molar-refractivity contribution in [3.63, 3.8) is 0 Å². The highest BCUT2D eigenvalue weighted by molar-refractivity contribution is 5.90. The Labute approximate surface area is 116 Å². The number of hydrogen-bond acceptors (Lipinski definition) is 6. The first-order chi connectivity index (χ1) is 9.39. The molecule has 0 aromatic carbocycles. The highest BCUT2D eigenvalue weighted by Gasteiger charge is 2.38. The zero-order valence-corrected chi connectivity index (χ0v) is 11.5. The highest BCUT2D eigenvalue weighted by Crippen LogP contribution is 2.29. The topological polar surface area (TPSA) is 109 Å². The lowest BCUT2D eigenvalue weighted by Crippen LogP contribution is -2.48. The molecule has 1 atom stereocenters. The number of carboxylic acids is 1. The number of aryl methyl sites for hydroxylation is 1. The molecule has 0 radical (unpaired) electrons. The van der Waals surface area contributed by atoms with E-state index < -0.39 is 11.4 Å². The summed E-state index contributed by atoms with van der Waals surface area (Å²) in [5, 5.41) is 19.0. The van der Waals surface area contributed by atoms with Crippen molar-refractivity contribution in [3.8, 4) is 0 Å². The second kappa shape index (κ2) is 5.58. The molecule has 0 aliphatic carbocycles. The Hall–Kier alpha value is -1.96. The van der Waals surface area contributed by atoms with Crippen LogP contribution in [0.5, 0.6) is 0 Å². The summed E-state index contributed by atoms with van der Waals surface area (Å²) in [5.41, 5.74) is -0.792. The van der Waals surface area contributed by atoms with Gasteiger partial charge in [-0.3, -0.25) is 19.8 Å². The van der Waals surface area contributed by atoms with E-state index in [4.69, 9.17) is 4.42 Å². The smallest absolute Gasteiger partial charge is 0.322 e. The van der Waals surface area contributed by atoms with Crippen LogP contribution in [0, 0.1) is 12.3 Å². The van der Waals surface area contributed by atoms with Crippen LogP contribution in [0.25, 0.3) is 0 Å². The molecule has 2 rings (SSSR count). The van der Waals surface area contributed by atoms with Crippen LogP contribution in [0.1, 0.15) is 25.7 Å². The number of rotatable bonds is 4. The fourth-order valence-corrected chi connectivity index (χ4v) is 2.36. The second-order valence-corrected chi connectivity index (χ2v) is 5.35. The lowest BCUT2D eigenvalue weighted by Gasteiger charge is -2.36. The van der Waals surface area contributed by atoms with E-state index in [-0.39, 0.29) is 18.5 Å². The molecule has 1 aliphatic rings. The molecule has 8 heteroatoms. The Bertz CT molecular complexity index is 515. The Morgan fingerprint density at radius 2 is 2.25 bits per heavy atom. The predicted octanol–water partition coefficient (Wildman–Crippen LogP) is 0.503. The Balaban J connectivity index is 1.89. The molecule has 0 bridgehead atoms. The van der Waals surface area contributed by atoms with Crippen molar-refractivity contribution in [1.82, 2.24) is 15.1 Å². The molecule has 0 saturated carbocycles. The number of piperidine rings is 1. The molecule has 1 aliphatic heterocycles. The monoisotopic (exact) mass is 282 g/mol. The molecule has 1 saturated heterocycles. The van der Waals surface area contributed by atoms with Gasteiger partial charge >= 0.3 is 12.0 Å². The summed E-state index contributed by atoms with van der Waals surface area (Å²) in [5.74, 6) is -0.741. The van der Waals surface area contributed by atoms with Gasteiger partial charge in [0.25, 0.3) is 0 Å². The SMILES string of the molecule is Cc1nnc(NC(=O)CN2CCCC(C)(C(=O)O)C2)o1. The van der Waals surface area contributed by atoms with E-state index in [2.05, 4.69) is 15.5 Å². The first-order valence-electron chi connectivity index (χ1n) is 6.45. The molecule has 20 heavy (non-hydrogen) atoms. The third-order valence-electron chi connectivity index (χ3n) is 3.43. The summed E-state index contributed by atoms with van der Waals surface area (Å²) in [7, 11) is 0. The summed E-state index contributed by atoms with van der Waals surface area (Å²) in [6.45, 7) is 4.52. The van der Waals surface area contributed by atoms with Gasteiger partial charge in [0.1, 0.15) is 0 Å². The Morgan fingerprint density at radius 1 is 1.50 bits per heavy atom. The van der Waals surface area contributed by atoms with Gasteiger partial charge in [-0.1, -0.05) is 5.10 Å². The fourth-order valence-electron chi connectivity index (χ4n) is 2.36. The molecular formula is C12H18N4O4. The van der Waals surface area contributed by atoms with E-state index in [1.165, 1.54) is 0 Å². The summed E-state index contributed by atoms with van der Waals surface area (Å²) in [6, 6.07) is 0.0607. The van der Waals surface area contributed by atoms with E-state index >= 15 is 0 Å². The lowest BCUT2D eigenvalue weighted by atomic mass is 9.82. The zero-order valence-electron chi connectivity index (χ0n) is 11.5. The number of amides is 1. The minimum absolute atomic E-state index is 0.0607. The molecule has 110 valence electrons. The van der Waals surface area contributed by atoms with Gasteiger partial charge in [0.05, 0.1) is 12.0 Å². The number of nitrogens with zero attached hydrogens (tertiary/aromatic N) is 3. The van der Waals surface area contributed by atoms with Crippen molar-refractivity contribution < 1.29 is 19.1 Å². The zero-order chi connectivity index (χ0) is 14.8. The van der Waals surface area contributed by atoms with Crippen LogP contribution in [-0.4, -0.2) is 51.7 Å². The number of carboxylic acid groups (broad SMARTS) is 1. The number of carbonyl (C=O) groups excluding carboxylic acids is 1. The Kier molecular flexibility index (Phi) is 4.03. The van der Waals surface area contributed by atoms with Crippen molar-refractivity contribution in [3.05, 3.63) is 5.89 Å². The molecule has 2 heterocycles. The summed E-state index contributed by atoms with van der Waals surface area (Å²) in [6.07, 6.45) is 1.39. The van der Waals surface area contributed by atoms with Gasteiger partial charge in [-0.2, -0.15) is 0 Å². The van der Waals surface area contributed by atoms with Gasteiger partial charge in [0.15, 0.2) is 0 Å². The Morgan fingerprint density at radius 3 is 2.85 bits per heavy atom. The van der Waals surface area contributed by atoms with Crippen molar-refractivity contribution in [2.75, 3.05) is 25.0 Å². The maximum Gasteiger partial charge on any atom is 0.322 e. The van der Waals surface area contributed by atoms with E-state index in [1.807, 2.05) is 4.90 Å². The maximum atomic E-state index is 11.8. The van der Waals surface area contributed by atoms with Crippen LogP contribution in [0.15, 0.2) is 4.42 Å². The van der Waals surface area contributed by atoms with Crippen LogP contribution in [0.4, 0.5) is 6.01 Å². The normalized spacial score (nSPS) is 23.5. The number of hydrogen-bond donors (Lipinski definition) is 2. The number of carbonyl (C=O) groups is 2. The molecule has 1 amide bonds. The van der Waals surface area contributed by atoms with Gasteiger partial charge < -0.3 is 9.52 Å². The maximum absolute atomic E-state index is 11.8. The number of aliphatic carboxylic acids is 1. The second-order valence-electron chi connectivity index (χ2n) is 5.35.